The van der Waals surface area contributed by atoms with Crippen molar-refractivity contribution in [3.63, 3.8) is 0 Å². The van der Waals surface area contributed by atoms with Crippen LogP contribution in [0.5, 0.6) is 0 Å². The van der Waals surface area contributed by atoms with Gasteiger partial charge < -0.3 is 4.90 Å². The van der Waals surface area contributed by atoms with Crippen molar-refractivity contribution in [3.05, 3.63) is 90.0 Å². The van der Waals surface area contributed by atoms with Crippen LogP contribution in [0.25, 0.3) is 21.9 Å². The Labute approximate surface area is 167 Å². The molecule has 2 heteroatoms. The SMILES string of the molecule is Cc1cc2c(N3Cc4ccccc4-c4ccccc43)cccc2[cH-]1.[Zr]. The van der Waals surface area contributed by atoms with Crippen molar-refractivity contribution in [1.29, 1.82) is 0 Å². The minimum atomic E-state index is 0. The van der Waals surface area contributed by atoms with Crippen LogP contribution in [0.3, 0.4) is 0 Å². The van der Waals surface area contributed by atoms with E-state index in [1.54, 1.807) is 0 Å². The molecule has 0 N–H and O–H groups in total. The maximum Gasteiger partial charge on any atom is 0.0487 e. The first-order chi connectivity index (χ1) is 11.8. The van der Waals surface area contributed by atoms with E-state index < -0.39 is 0 Å². The molecule has 0 fully saturated rings. The van der Waals surface area contributed by atoms with E-state index in [2.05, 4.69) is 90.7 Å². The summed E-state index contributed by atoms with van der Waals surface area (Å²) in [5.74, 6) is 0. The van der Waals surface area contributed by atoms with E-state index in [-0.39, 0.29) is 26.2 Å². The standard InChI is InChI=1S/C23H18N.Zr/c1-16-13-17-8-6-12-23(21(17)14-16)24-15-18-7-2-3-9-19(18)20-10-4-5-11-22(20)24;/h2-14H,15H2,1H3;/q-1;. The van der Waals surface area contributed by atoms with E-state index in [0.717, 1.165) is 6.54 Å². The Balaban J connectivity index is 0.00000157. The maximum atomic E-state index is 2.46. The van der Waals surface area contributed by atoms with Gasteiger partial charge in [-0.05, 0) is 22.9 Å². The Bertz CT molecular complexity index is 1060. The molecule has 0 spiro atoms. The summed E-state index contributed by atoms with van der Waals surface area (Å²) in [6.45, 7) is 3.08. The fraction of sp³-hybridized carbons (Fsp3) is 0.0870. The van der Waals surface area contributed by atoms with Gasteiger partial charge in [0.25, 0.3) is 0 Å². The minimum Gasteiger partial charge on any atom is -0.345 e. The van der Waals surface area contributed by atoms with Crippen LogP contribution in [-0.2, 0) is 32.7 Å². The van der Waals surface area contributed by atoms with Gasteiger partial charge in [-0.1, -0.05) is 55.5 Å². The predicted octanol–water partition coefficient (Wildman–Crippen LogP) is 6.18. The molecule has 5 rings (SSSR count). The number of fused-ring (bicyclic) bond motifs is 4. The topological polar surface area (TPSA) is 3.24 Å². The zero-order chi connectivity index (χ0) is 16.1. The van der Waals surface area contributed by atoms with Gasteiger partial charge in [0.1, 0.15) is 0 Å². The second kappa shape index (κ2) is 6.35. The van der Waals surface area contributed by atoms with E-state index in [1.165, 1.54) is 44.4 Å². The molecule has 0 bridgehead atoms. The minimum absolute atomic E-state index is 0. The Morgan fingerprint density at radius 1 is 0.800 bits per heavy atom. The van der Waals surface area contributed by atoms with Crippen LogP contribution >= 0.6 is 0 Å². The summed E-state index contributed by atoms with van der Waals surface area (Å²) in [7, 11) is 0. The molecule has 4 aromatic rings. The van der Waals surface area contributed by atoms with Gasteiger partial charge in [-0.25, -0.2) is 0 Å². The van der Waals surface area contributed by atoms with Crippen LogP contribution in [0.2, 0.25) is 0 Å². The second-order valence-corrected chi connectivity index (χ2v) is 6.57. The molecule has 0 unspecified atom stereocenters. The number of rotatable bonds is 1. The summed E-state index contributed by atoms with van der Waals surface area (Å²) < 4.78 is 0. The van der Waals surface area contributed by atoms with Crippen molar-refractivity contribution >= 4 is 22.1 Å². The second-order valence-electron chi connectivity index (χ2n) is 6.57. The summed E-state index contributed by atoms with van der Waals surface area (Å²) >= 11 is 0. The zero-order valence-corrected chi connectivity index (χ0v) is 16.6. The molecule has 0 saturated heterocycles. The Hall–Kier alpha value is -2.05. The fourth-order valence-corrected chi connectivity index (χ4v) is 3.93. The number of hydrogen-bond donors (Lipinski definition) is 0. The zero-order valence-electron chi connectivity index (χ0n) is 14.2. The molecule has 1 heterocycles. The number of hydrogen-bond acceptors (Lipinski definition) is 1. The third-order valence-electron chi connectivity index (χ3n) is 4.99. The number of benzene rings is 3. The number of nitrogens with zero attached hydrogens (tertiary/aromatic N) is 1. The van der Waals surface area contributed by atoms with Gasteiger partial charge in [0.15, 0.2) is 0 Å². The summed E-state index contributed by atoms with van der Waals surface area (Å²) in [4.78, 5) is 2.46. The third kappa shape index (κ3) is 2.60. The largest absolute Gasteiger partial charge is 0.345 e. The molecule has 120 valence electrons. The van der Waals surface area contributed by atoms with Gasteiger partial charge in [0, 0.05) is 44.0 Å². The van der Waals surface area contributed by atoms with Gasteiger partial charge >= 0.3 is 0 Å². The molecule has 1 nitrogen and oxygen atoms in total. The van der Waals surface area contributed by atoms with Crippen molar-refractivity contribution < 1.29 is 26.2 Å². The van der Waals surface area contributed by atoms with Gasteiger partial charge in [0.2, 0.25) is 0 Å². The van der Waals surface area contributed by atoms with E-state index in [9.17, 15) is 0 Å². The maximum absolute atomic E-state index is 2.46. The molecule has 0 aromatic heterocycles. The smallest absolute Gasteiger partial charge is 0.0487 e. The van der Waals surface area contributed by atoms with Gasteiger partial charge in [-0.2, -0.15) is 6.07 Å². The summed E-state index contributed by atoms with van der Waals surface area (Å²) in [5.41, 5.74) is 7.97. The molecule has 4 aromatic carbocycles. The quantitative estimate of drug-likeness (QED) is 0.345. The molecular formula is C23H18NZr-. The summed E-state index contributed by atoms with van der Waals surface area (Å²) in [5, 5.41) is 2.66. The molecule has 0 amide bonds. The number of anilines is 2. The van der Waals surface area contributed by atoms with Crippen molar-refractivity contribution in [3.8, 4) is 11.1 Å². The average Bonchev–Trinajstić information content (AvgIpc) is 3.01. The van der Waals surface area contributed by atoms with Crippen LogP contribution in [0.1, 0.15) is 11.1 Å². The average molecular weight is 400 g/mol. The first kappa shape index (κ1) is 16.4. The molecule has 0 aliphatic carbocycles. The normalized spacial score (nSPS) is 12.4. The molecule has 0 radical (unpaired) electrons. The van der Waals surface area contributed by atoms with Crippen molar-refractivity contribution in [1.82, 2.24) is 0 Å². The first-order valence-electron chi connectivity index (χ1n) is 8.42. The van der Waals surface area contributed by atoms with Crippen LogP contribution in [0, 0.1) is 6.92 Å². The first-order valence-corrected chi connectivity index (χ1v) is 8.42. The van der Waals surface area contributed by atoms with Crippen LogP contribution in [0.4, 0.5) is 11.4 Å². The van der Waals surface area contributed by atoms with Crippen molar-refractivity contribution in [2.24, 2.45) is 0 Å². The van der Waals surface area contributed by atoms with Crippen LogP contribution in [0.15, 0.2) is 78.9 Å². The molecule has 0 atom stereocenters. The van der Waals surface area contributed by atoms with Gasteiger partial charge in [0.05, 0.1) is 0 Å². The summed E-state index contributed by atoms with van der Waals surface area (Å²) in [6, 6.07) is 28.7. The summed E-state index contributed by atoms with van der Waals surface area (Å²) in [6.07, 6.45) is 0. The monoisotopic (exact) mass is 398 g/mol. The van der Waals surface area contributed by atoms with Crippen molar-refractivity contribution in [2.75, 3.05) is 4.90 Å². The van der Waals surface area contributed by atoms with E-state index in [4.69, 9.17) is 0 Å². The predicted molar refractivity (Wildman–Crippen MR) is 102 cm³/mol. The Kier molecular flexibility index (Phi) is 4.17. The fourth-order valence-electron chi connectivity index (χ4n) is 3.93. The van der Waals surface area contributed by atoms with Crippen LogP contribution < -0.4 is 4.90 Å². The molecular weight excluding hydrogens is 381 g/mol. The van der Waals surface area contributed by atoms with Crippen molar-refractivity contribution in [2.45, 2.75) is 13.5 Å². The Morgan fingerprint density at radius 2 is 1.52 bits per heavy atom. The van der Waals surface area contributed by atoms with Crippen LogP contribution in [-0.4, -0.2) is 0 Å². The molecule has 25 heavy (non-hydrogen) atoms. The molecule has 0 saturated carbocycles. The number of aryl methyl sites for hydroxylation is 1. The molecule has 1 aliphatic heterocycles. The van der Waals surface area contributed by atoms with Gasteiger partial charge in [-0.3, -0.25) is 0 Å². The van der Waals surface area contributed by atoms with E-state index in [1.807, 2.05) is 0 Å². The number of para-hydroxylation sites is 1. The molecule has 1 aliphatic rings. The third-order valence-corrected chi connectivity index (χ3v) is 4.99. The van der Waals surface area contributed by atoms with E-state index >= 15 is 0 Å². The van der Waals surface area contributed by atoms with Gasteiger partial charge in [-0.15, -0.1) is 34.5 Å². The van der Waals surface area contributed by atoms with E-state index in [0.29, 0.717) is 0 Å². The Morgan fingerprint density at radius 3 is 2.40 bits per heavy atom.